The zero-order chi connectivity index (χ0) is 27.4. The monoisotopic (exact) mass is 528 g/mol. The zero-order valence-corrected chi connectivity index (χ0v) is 20.3. The smallest absolute Gasteiger partial charge is 0.493 e. The van der Waals surface area contributed by atoms with Crippen LogP contribution in [0.5, 0.6) is 11.5 Å². The third-order valence-electron chi connectivity index (χ3n) is 5.73. The molecule has 1 aromatic heterocycles. The second-order valence-corrected chi connectivity index (χ2v) is 8.16. The highest BCUT2D eigenvalue weighted by Crippen LogP contribution is 2.34. The van der Waals surface area contributed by atoms with Crippen molar-refractivity contribution in [3.63, 3.8) is 0 Å². The van der Waals surface area contributed by atoms with Crippen molar-refractivity contribution in [3.8, 4) is 11.5 Å². The standard InChI is InChI=1S/C26H23F3N4O5/c1-3-19-22(18-8-9-20(36-2)21(14-18)38-26(27,28)29)32-33(25(35)37-19)24(30)17-6-4-15(5-7-17)23(34)16-10-12-31-13-11-16/h4-14,19,24H,3,30H2,1-2H3. The molecule has 4 rings (SSSR count). The molecule has 12 heteroatoms. The number of nitrogens with zero attached hydrogens (tertiary/aromatic N) is 3. The Balaban J connectivity index is 1.64. The number of amides is 1. The number of cyclic esters (lactones) is 1. The van der Waals surface area contributed by atoms with Gasteiger partial charge in [-0.1, -0.05) is 31.2 Å². The number of halogens is 3. The van der Waals surface area contributed by atoms with E-state index in [-0.39, 0.29) is 22.8 Å². The van der Waals surface area contributed by atoms with Gasteiger partial charge in [0.25, 0.3) is 0 Å². The van der Waals surface area contributed by atoms with Crippen molar-refractivity contribution in [2.75, 3.05) is 7.11 Å². The summed E-state index contributed by atoms with van der Waals surface area (Å²) in [5, 5.41) is 5.26. The Morgan fingerprint density at radius 1 is 1.08 bits per heavy atom. The van der Waals surface area contributed by atoms with E-state index >= 15 is 0 Å². The Hall–Kier alpha value is -4.45. The molecular formula is C26H23F3N4O5. The second kappa shape index (κ2) is 10.9. The van der Waals surface area contributed by atoms with Gasteiger partial charge in [-0.25, -0.2) is 4.79 Å². The van der Waals surface area contributed by atoms with Gasteiger partial charge >= 0.3 is 12.5 Å². The lowest BCUT2D eigenvalue weighted by Gasteiger charge is -2.32. The number of carbonyl (C=O) groups is 2. The van der Waals surface area contributed by atoms with Gasteiger partial charge in [-0.2, -0.15) is 10.1 Å². The highest BCUT2D eigenvalue weighted by molar-refractivity contribution is 6.09. The number of ketones is 1. The van der Waals surface area contributed by atoms with Gasteiger partial charge in [0.15, 0.2) is 17.3 Å². The first kappa shape index (κ1) is 26.6. The summed E-state index contributed by atoms with van der Waals surface area (Å²) in [5.74, 6) is -0.924. The zero-order valence-electron chi connectivity index (χ0n) is 20.3. The van der Waals surface area contributed by atoms with Gasteiger partial charge in [0.1, 0.15) is 18.0 Å². The van der Waals surface area contributed by atoms with Crippen molar-refractivity contribution in [3.05, 3.63) is 89.2 Å². The van der Waals surface area contributed by atoms with Crippen molar-refractivity contribution in [1.29, 1.82) is 0 Å². The lowest BCUT2D eigenvalue weighted by molar-refractivity contribution is -0.275. The fourth-order valence-corrected chi connectivity index (χ4v) is 3.83. The van der Waals surface area contributed by atoms with Crippen LogP contribution < -0.4 is 15.2 Å². The lowest BCUT2D eigenvalue weighted by Crippen LogP contribution is -2.45. The van der Waals surface area contributed by atoms with Crippen LogP contribution in [0.2, 0.25) is 0 Å². The number of benzene rings is 2. The fourth-order valence-electron chi connectivity index (χ4n) is 3.83. The van der Waals surface area contributed by atoms with Gasteiger partial charge < -0.3 is 19.9 Å². The van der Waals surface area contributed by atoms with E-state index in [1.807, 2.05) is 0 Å². The summed E-state index contributed by atoms with van der Waals surface area (Å²) in [4.78, 5) is 29.3. The molecule has 0 saturated carbocycles. The van der Waals surface area contributed by atoms with Crippen LogP contribution in [0.15, 0.2) is 72.1 Å². The van der Waals surface area contributed by atoms with Crippen LogP contribution in [0.4, 0.5) is 18.0 Å². The number of aromatic nitrogens is 1. The van der Waals surface area contributed by atoms with E-state index in [4.69, 9.17) is 15.2 Å². The quantitative estimate of drug-likeness (QED) is 0.417. The molecule has 0 aliphatic carbocycles. The SMILES string of the molecule is CCC1OC(=O)N(C(N)c2ccc(C(=O)c3ccncc3)cc2)N=C1c1ccc(OC)c(OC(F)(F)F)c1. The Kier molecular flexibility index (Phi) is 7.62. The third-order valence-corrected chi connectivity index (χ3v) is 5.73. The summed E-state index contributed by atoms with van der Waals surface area (Å²) >= 11 is 0. The summed E-state index contributed by atoms with van der Waals surface area (Å²) in [7, 11) is 1.21. The third kappa shape index (κ3) is 5.75. The number of methoxy groups -OCH3 is 1. The van der Waals surface area contributed by atoms with Crippen LogP contribution in [-0.4, -0.2) is 47.2 Å². The average Bonchev–Trinajstić information content (AvgIpc) is 2.91. The Bertz CT molecular complexity index is 1350. The van der Waals surface area contributed by atoms with E-state index in [2.05, 4.69) is 14.8 Å². The number of rotatable bonds is 8. The van der Waals surface area contributed by atoms with Crippen LogP contribution >= 0.6 is 0 Å². The number of hydrazone groups is 1. The number of hydrogen-bond donors (Lipinski definition) is 1. The number of alkyl halides is 3. The van der Waals surface area contributed by atoms with Crippen LogP contribution in [0.25, 0.3) is 0 Å². The number of nitrogens with two attached hydrogens (primary N) is 1. The van der Waals surface area contributed by atoms with E-state index in [1.54, 1.807) is 43.3 Å². The van der Waals surface area contributed by atoms with Crippen LogP contribution in [0.1, 0.15) is 46.6 Å². The molecule has 1 aliphatic rings. The minimum absolute atomic E-state index is 0.137. The number of carbonyl (C=O) groups excluding carboxylic acids is 2. The topological polar surface area (TPSA) is 116 Å². The molecular weight excluding hydrogens is 505 g/mol. The Labute approximate surface area is 215 Å². The van der Waals surface area contributed by atoms with Gasteiger partial charge in [-0.15, -0.1) is 13.2 Å². The van der Waals surface area contributed by atoms with Gasteiger partial charge in [0.05, 0.1) is 7.11 Å². The molecule has 0 bridgehead atoms. The van der Waals surface area contributed by atoms with E-state index in [0.29, 0.717) is 23.1 Å². The summed E-state index contributed by atoms with van der Waals surface area (Å²) in [6.07, 6.45) is -4.38. The van der Waals surface area contributed by atoms with Crippen molar-refractivity contribution >= 4 is 17.6 Å². The molecule has 2 N–H and O–H groups in total. The number of pyridine rings is 1. The van der Waals surface area contributed by atoms with Gasteiger partial charge in [0.2, 0.25) is 0 Å². The lowest BCUT2D eigenvalue weighted by atomic mass is 10.0. The maximum atomic E-state index is 12.9. The largest absolute Gasteiger partial charge is 0.573 e. The summed E-state index contributed by atoms with van der Waals surface area (Å²) in [6.45, 7) is 1.73. The molecule has 0 saturated heterocycles. The molecule has 0 spiro atoms. The molecule has 2 unspecified atom stereocenters. The molecule has 2 aromatic carbocycles. The van der Waals surface area contributed by atoms with Crippen LogP contribution in [0.3, 0.4) is 0 Å². The first-order chi connectivity index (χ1) is 18.1. The maximum absolute atomic E-state index is 12.9. The molecule has 0 radical (unpaired) electrons. The normalized spacial score (nSPS) is 16.4. The highest BCUT2D eigenvalue weighted by Gasteiger charge is 2.36. The van der Waals surface area contributed by atoms with E-state index in [0.717, 1.165) is 11.1 Å². The highest BCUT2D eigenvalue weighted by atomic mass is 19.4. The molecule has 9 nitrogen and oxygen atoms in total. The fraction of sp³-hybridized carbons (Fsp3) is 0.231. The van der Waals surface area contributed by atoms with Gasteiger partial charge in [-0.05, 0) is 42.3 Å². The van der Waals surface area contributed by atoms with E-state index < -0.39 is 30.5 Å². The van der Waals surface area contributed by atoms with E-state index in [1.165, 1.54) is 31.6 Å². The maximum Gasteiger partial charge on any atom is 0.573 e. The van der Waals surface area contributed by atoms with Crippen molar-refractivity contribution in [2.45, 2.75) is 32.0 Å². The first-order valence-electron chi connectivity index (χ1n) is 11.4. The van der Waals surface area contributed by atoms with Crippen LogP contribution in [0, 0.1) is 0 Å². The molecule has 0 fully saturated rings. The molecule has 38 heavy (non-hydrogen) atoms. The second-order valence-electron chi connectivity index (χ2n) is 8.16. The molecule has 2 heterocycles. The van der Waals surface area contributed by atoms with Crippen molar-refractivity contribution < 1.29 is 37.0 Å². The van der Waals surface area contributed by atoms with Crippen molar-refractivity contribution in [2.24, 2.45) is 10.8 Å². The Morgan fingerprint density at radius 3 is 2.34 bits per heavy atom. The molecule has 3 aromatic rings. The number of hydrogen-bond acceptors (Lipinski definition) is 8. The molecule has 198 valence electrons. The minimum Gasteiger partial charge on any atom is -0.493 e. The van der Waals surface area contributed by atoms with E-state index in [9.17, 15) is 22.8 Å². The molecule has 1 amide bonds. The minimum atomic E-state index is -4.95. The molecule has 2 atom stereocenters. The average molecular weight is 528 g/mol. The van der Waals surface area contributed by atoms with Gasteiger partial charge in [0, 0.05) is 29.1 Å². The van der Waals surface area contributed by atoms with Crippen molar-refractivity contribution in [1.82, 2.24) is 9.99 Å². The summed E-state index contributed by atoms with van der Waals surface area (Å²) < 4.78 is 53.3. The summed E-state index contributed by atoms with van der Waals surface area (Å²) in [6, 6.07) is 13.4. The summed E-state index contributed by atoms with van der Waals surface area (Å²) in [5.41, 5.74) is 8.03. The van der Waals surface area contributed by atoms with Gasteiger partial charge in [-0.3, -0.25) is 9.78 Å². The number of ether oxygens (including phenoxy) is 3. The molecule has 1 aliphatic heterocycles. The Morgan fingerprint density at radius 2 is 1.74 bits per heavy atom. The predicted octanol–water partition coefficient (Wildman–Crippen LogP) is 4.81. The first-order valence-corrected chi connectivity index (χ1v) is 11.4. The van der Waals surface area contributed by atoms with Crippen LogP contribution in [-0.2, 0) is 4.74 Å². The predicted molar refractivity (Wildman–Crippen MR) is 130 cm³/mol.